The third-order valence-corrected chi connectivity index (χ3v) is 4.03. The van der Waals surface area contributed by atoms with Gasteiger partial charge in [0, 0.05) is 5.41 Å². The van der Waals surface area contributed by atoms with E-state index < -0.39 is 15.9 Å². The van der Waals surface area contributed by atoms with Gasteiger partial charge in [-0.15, -0.1) is 0 Å². The van der Waals surface area contributed by atoms with Crippen LogP contribution < -0.4 is 5.32 Å². The molecule has 0 saturated heterocycles. The summed E-state index contributed by atoms with van der Waals surface area (Å²) in [5.41, 5.74) is 0. The van der Waals surface area contributed by atoms with E-state index in [4.69, 9.17) is 11.6 Å². The Hall–Kier alpha value is -2.07. The molecule has 1 unspecified atom stereocenters. The Kier molecular flexibility index (Phi) is 3.10. The van der Waals surface area contributed by atoms with Crippen LogP contribution in [0.4, 0.5) is 5.95 Å². The number of rotatable bonds is 3. The summed E-state index contributed by atoms with van der Waals surface area (Å²) in [6.07, 6.45) is 4.27. The predicted molar refractivity (Wildman–Crippen MR) is 70.1 cm³/mol. The highest BCUT2D eigenvalue weighted by Crippen LogP contribution is 2.14. The molecule has 1 N–H and O–H groups in total. The average molecular weight is 314 g/mol. The maximum absolute atomic E-state index is 11.3. The van der Waals surface area contributed by atoms with Crippen LogP contribution >= 0.6 is 11.6 Å². The number of nitrogens with zero attached hydrogens (tertiary/aromatic N) is 6. The molecule has 3 heterocycles. The fourth-order valence-electron chi connectivity index (χ4n) is 1.65. The summed E-state index contributed by atoms with van der Waals surface area (Å²) in [6.45, 7) is 0. The van der Waals surface area contributed by atoms with Crippen molar-refractivity contribution < 1.29 is 8.42 Å². The van der Waals surface area contributed by atoms with Crippen LogP contribution in [-0.2, 0) is 9.84 Å². The average Bonchev–Trinajstić information content (AvgIpc) is 2.98. The molecule has 9 nitrogen and oxygen atoms in total. The van der Waals surface area contributed by atoms with Gasteiger partial charge in [0.15, 0.2) is 9.84 Å². The van der Waals surface area contributed by atoms with Crippen LogP contribution in [0.3, 0.4) is 0 Å². The highest BCUT2D eigenvalue weighted by atomic mass is 35.5. The van der Waals surface area contributed by atoms with Crippen LogP contribution in [0.2, 0.25) is 5.28 Å². The van der Waals surface area contributed by atoms with Gasteiger partial charge in [-0.3, -0.25) is 0 Å². The number of halogens is 1. The summed E-state index contributed by atoms with van der Waals surface area (Å²) in [5, 5.41) is 7.87. The molecule has 0 aliphatic carbocycles. The van der Waals surface area contributed by atoms with Crippen molar-refractivity contribution >= 4 is 27.4 Å². The second-order valence-electron chi connectivity index (χ2n) is 3.98. The van der Waals surface area contributed by atoms with Crippen LogP contribution in [0.25, 0.3) is 5.95 Å². The highest BCUT2D eigenvalue weighted by Gasteiger charge is 2.22. The van der Waals surface area contributed by atoms with Crippen molar-refractivity contribution in [1.82, 2.24) is 29.7 Å². The van der Waals surface area contributed by atoms with Crippen LogP contribution in [0, 0.1) is 0 Å². The summed E-state index contributed by atoms with van der Waals surface area (Å²) in [4.78, 5) is 15.7. The monoisotopic (exact) mass is 313 g/mol. The van der Waals surface area contributed by atoms with E-state index in [1.54, 1.807) is 0 Å². The lowest BCUT2D eigenvalue weighted by molar-refractivity contribution is 0.605. The molecule has 0 spiro atoms. The Morgan fingerprint density at radius 1 is 1.35 bits per heavy atom. The van der Waals surface area contributed by atoms with E-state index in [0.717, 1.165) is 5.41 Å². The quantitative estimate of drug-likeness (QED) is 0.830. The van der Waals surface area contributed by atoms with Gasteiger partial charge in [-0.1, -0.05) is 0 Å². The molecule has 2 aromatic heterocycles. The molecule has 0 bridgehead atoms. The summed E-state index contributed by atoms with van der Waals surface area (Å²) < 4.78 is 24.0. The number of hydrogen-bond donors (Lipinski definition) is 1. The topological polar surface area (TPSA) is 116 Å². The number of anilines is 1. The first-order chi connectivity index (χ1) is 9.52. The summed E-state index contributed by atoms with van der Waals surface area (Å²) in [7, 11) is -3.15. The molecule has 104 valence electrons. The minimum absolute atomic E-state index is 0.0298. The molecule has 0 fully saturated rings. The van der Waals surface area contributed by atoms with Crippen molar-refractivity contribution in [1.29, 1.82) is 0 Å². The van der Waals surface area contributed by atoms with Gasteiger partial charge in [0.05, 0.1) is 11.8 Å². The van der Waals surface area contributed by atoms with Gasteiger partial charge < -0.3 is 5.32 Å². The first kappa shape index (κ1) is 12.9. The van der Waals surface area contributed by atoms with Gasteiger partial charge in [0.1, 0.15) is 12.7 Å². The number of aromatic nitrogens is 6. The molecule has 20 heavy (non-hydrogen) atoms. The Morgan fingerprint density at radius 3 is 2.85 bits per heavy atom. The molecule has 1 aliphatic rings. The van der Waals surface area contributed by atoms with E-state index in [0.29, 0.717) is 0 Å². The van der Waals surface area contributed by atoms with Crippen molar-refractivity contribution in [2.45, 2.75) is 6.04 Å². The Morgan fingerprint density at radius 2 is 2.20 bits per heavy atom. The normalized spacial score (nSPS) is 20.1. The van der Waals surface area contributed by atoms with Gasteiger partial charge >= 0.3 is 0 Å². The van der Waals surface area contributed by atoms with Gasteiger partial charge in [-0.25, -0.2) is 13.4 Å². The van der Waals surface area contributed by atoms with Crippen molar-refractivity contribution in [3.05, 3.63) is 29.4 Å². The minimum Gasteiger partial charge on any atom is -0.347 e. The molecule has 1 aliphatic heterocycles. The Balaban J connectivity index is 1.86. The zero-order chi connectivity index (χ0) is 14.2. The summed E-state index contributed by atoms with van der Waals surface area (Å²) in [6, 6.07) is -0.401. The second kappa shape index (κ2) is 4.80. The minimum atomic E-state index is -3.15. The van der Waals surface area contributed by atoms with E-state index in [1.165, 1.54) is 23.4 Å². The largest absolute Gasteiger partial charge is 0.347 e. The number of nitrogens with one attached hydrogen (secondary N) is 1. The molecule has 1 atom stereocenters. The van der Waals surface area contributed by atoms with Crippen molar-refractivity contribution in [3.8, 4) is 5.95 Å². The van der Waals surface area contributed by atoms with E-state index >= 15 is 0 Å². The van der Waals surface area contributed by atoms with Crippen molar-refractivity contribution in [2.75, 3.05) is 11.1 Å². The molecule has 2 aromatic rings. The molecular formula is C9H8ClN7O2S. The van der Waals surface area contributed by atoms with E-state index in [9.17, 15) is 8.42 Å². The van der Waals surface area contributed by atoms with Crippen molar-refractivity contribution in [3.63, 3.8) is 0 Å². The molecule has 0 aromatic carbocycles. The zero-order valence-corrected chi connectivity index (χ0v) is 11.5. The second-order valence-corrected chi connectivity index (χ2v) is 6.25. The fourth-order valence-corrected chi connectivity index (χ4v) is 3.04. The number of sulfone groups is 1. The van der Waals surface area contributed by atoms with E-state index in [2.05, 4.69) is 30.4 Å². The van der Waals surface area contributed by atoms with Crippen molar-refractivity contribution in [2.24, 2.45) is 0 Å². The summed E-state index contributed by atoms with van der Waals surface area (Å²) in [5.74, 6) is 0.312. The standard InChI is InChI=1S/C9H8ClN7O2S/c10-7-14-8(13-6-1-2-20(18,19)3-6)16-9(15-7)17-5-11-4-12-17/h1-2,4-6H,3H2,(H,13,14,15,16). The van der Waals surface area contributed by atoms with Gasteiger partial charge in [-0.2, -0.15) is 24.7 Å². The number of hydrogen-bond acceptors (Lipinski definition) is 8. The van der Waals surface area contributed by atoms with Gasteiger partial charge in [0.25, 0.3) is 5.95 Å². The van der Waals surface area contributed by atoms with Crippen LogP contribution in [0.5, 0.6) is 0 Å². The highest BCUT2D eigenvalue weighted by molar-refractivity contribution is 7.94. The molecule has 3 rings (SSSR count). The first-order valence-electron chi connectivity index (χ1n) is 5.46. The van der Waals surface area contributed by atoms with Crippen LogP contribution in [0.1, 0.15) is 0 Å². The summed E-state index contributed by atoms with van der Waals surface area (Å²) >= 11 is 5.81. The van der Waals surface area contributed by atoms with E-state index in [-0.39, 0.29) is 22.9 Å². The zero-order valence-electron chi connectivity index (χ0n) is 9.88. The fraction of sp³-hybridized carbons (Fsp3) is 0.222. The predicted octanol–water partition coefficient (Wildman–Crippen LogP) is -0.172. The molecule has 11 heteroatoms. The molecule has 0 amide bonds. The van der Waals surface area contributed by atoms with Gasteiger partial charge in [0.2, 0.25) is 11.2 Å². The first-order valence-corrected chi connectivity index (χ1v) is 7.55. The molecular weight excluding hydrogens is 306 g/mol. The van der Waals surface area contributed by atoms with Crippen LogP contribution in [-0.4, -0.2) is 49.9 Å². The maximum Gasteiger partial charge on any atom is 0.258 e. The van der Waals surface area contributed by atoms with Crippen LogP contribution in [0.15, 0.2) is 24.1 Å². The third-order valence-electron chi connectivity index (χ3n) is 2.46. The van der Waals surface area contributed by atoms with Gasteiger partial charge in [-0.05, 0) is 17.7 Å². The lowest BCUT2D eigenvalue weighted by atomic mass is 10.3. The Labute approximate surface area is 118 Å². The third kappa shape index (κ3) is 2.75. The lowest BCUT2D eigenvalue weighted by Crippen LogP contribution is -2.23. The maximum atomic E-state index is 11.3. The SMILES string of the molecule is O=S1(=O)C=CC(Nc2nc(Cl)nc(-n3cncn3)n2)C1. The molecule has 0 radical (unpaired) electrons. The smallest absolute Gasteiger partial charge is 0.258 e. The van der Waals surface area contributed by atoms with E-state index in [1.807, 2.05) is 0 Å². The Bertz CT molecular complexity index is 759. The lowest BCUT2D eigenvalue weighted by Gasteiger charge is -2.10. The molecule has 0 saturated carbocycles.